The normalized spacial score (nSPS) is 13.2. The molecule has 0 bridgehead atoms. The first-order valence-electron chi connectivity index (χ1n) is 20.9. The lowest BCUT2D eigenvalue weighted by atomic mass is 9.82. The molecule has 9 aromatic carbocycles. The molecule has 0 saturated carbocycles. The summed E-state index contributed by atoms with van der Waals surface area (Å²) in [6.07, 6.45) is 0. The maximum atomic E-state index is 7.32. The van der Waals surface area contributed by atoms with E-state index in [-0.39, 0.29) is 5.41 Å². The molecule has 0 unspecified atom stereocenters. The minimum absolute atomic E-state index is 0.179. The van der Waals surface area contributed by atoms with Gasteiger partial charge in [0.25, 0.3) is 0 Å². The predicted octanol–water partition coefficient (Wildman–Crippen LogP) is 17.0. The summed E-state index contributed by atoms with van der Waals surface area (Å²) in [6, 6.07) is 68.0. The van der Waals surface area contributed by atoms with E-state index in [2.05, 4.69) is 201 Å². The average Bonchev–Trinajstić information content (AvgIpc) is 4.05. The van der Waals surface area contributed by atoms with Crippen molar-refractivity contribution in [3.63, 3.8) is 0 Å². The summed E-state index contributed by atoms with van der Waals surface area (Å²) in [4.78, 5) is 2.43. The Morgan fingerprint density at radius 2 is 1.10 bits per heavy atom. The number of rotatable bonds is 5. The molecule has 0 fully saturated rings. The number of fused-ring (bicyclic) bond motifs is 13. The van der Waals surface area contributed by atoms with E-state index in [1.807, 2.05) is 17.4 Å². The highest BCUT2D eigenvalue weighted by Gasteiger charge is 2.36. The summed E-state index contributed by atoms with van der Waals surface area (Å²) < 4.78 is 16.4. The predicted molar refractivity (Wildman–Crippen MR) is 257 cm³/mol. The lowest BCUT2D eigenvalue weighted by Crippen LogP contribution is -2.17. The maximum absolute atomic E-state index is 7.32. The van der Waals surface area contributed by atoms with Crippen LogP contribution in [0.25, 0.3) is 97.4 Å². The zero-order chi connectivity index (χ0) is 40.4. The topological polar surface area (TPSA) is 29.5 Å². The molecule has 0 spiro atoms. The van der Waals surface area contributed by atoms with E-state index < -0.39 is 0 Å². The van der Waals surface area contributed by atoms with Crippen molar-refractivity contribution < 1.29 is 8.83 Å². The van der Waals surface area contributed by atoms with Crippen LogP contribution in [0.5, 0.6) is 0 Å². The Bertz CT molecular complexity index is 3750. The van der Waals surface area contributed by atoms with E-state index >= 15 is 0 Å². The van der Waals surface area contributed by atoms with Crippen molar-refractivity contribution in [1.29, 1.82) is 0 Å². The van der Waals surface area contributed by atoms with Gasteiger partial charge in [-0.25, -0.2) is 0 Å². The Balaban J connectivity index is 1.16. The second-order valence-electron chi connectivity index (χ2n) is 16.7. The summed E-state index contributed by atoms with van der Waals surface area (Å²) >= 11 is 1.86. The molecule has 61 heavy (non-hydrogen) atoms. The van der Waals surface area contributed by atoms with Crippen LogP contribution in [-0.4, -0.2) is 0 Å². The SMILES string of the molecule is CC1(C)c2ccccc2-c2ccc(N(c3ccccc3-c3ccccc3)c3ccc(-c4cccc5c4sc4ccccc45)c4c3oc3ccc5oc6ccccc6c5c34)cc21. The van der Waals surface area contributed by atoms with Crippen LogP contribution in [0.3, 0.4) is 0 Å². The Kier molecular flexibility index (Phi) is 7.23. The summed E-state index contributed by atoms with van der Waals surface area (Å²) in [5.41, 5.74) is 16.2. The van der Waals surface area contributed by atoms with Gasteiger partial charge in [0, 0.05) is 63.9 Å². The quantitative estimate of drug-likeness (QED) is 0.174. The van der Waals surface area contributed by atoms with Crippen molar-refractivity contribution in [2.45, 2.75) is 19.3 Å². The molecule has 1 aliphatic carbocycles. The van der Waals surface area contributed by atoms with Crippen molar-refractivity contribution in [3.8, 4) is 33.4 Å². The zero-order valence-corrected chi connectivity index (χ0v) is 34.4. The van der Waals surface area contributed by atoms with E-state index in [9.17, 15) is 0 Å². The highest BCUT2D eigenvalue weighted by atomic mass is 32.1. The number of benzene rings is 9. The lowest BCUT2D eigenvalue weighted by molar-refractivity contribution is 0.660. The fourth-order valence-electron chi connectivity index (χ4n) is 10.3. The summed E-state index contributed by atoms with van der Waals surface area (Å²) in [7, 11) is 0. The molecular weight excluding hydrogens is 763 g/mol. The van der Waals surface area contributed by atoms with Crippen molar-refractivity contribution in [3.05, 3.63) is 199 Å². The second-order valence-corrected chi connectivity index (χ2v) is 17.8. The van der Waals surface area contributed by atoms with Gasteiger partial charge in [-0.3, -0.25) is 0 Å². The van der Waals surface area contributed by atoms with Crippen LogP contribution in [0, 0.1) is 0 Å². The molecule has 0 saturated heterocycles. The van der Waals surface area contributed by atoms with E-state index in [4.69, 9.17) is 8.83 Å². The number of thiophene rings is 1. The number of nitrogens with zero attached hydrogens (tertiary/aromatic N) is 1. The van der Waals surface area contributed by atoms with Crippen LogP contribution in [0.4, 0.5) is 17.1 Å². The minimum atomic E-state index is -0.179. The van der Waals surface area contributed by atoms with E-state index in [0.29, 0.717) is 0 Å². The molecule has 0 aliphatic heterocycles. The first-order chi connectivity index (χ1) is 30.0. The van der Waals surface area contributed by atoms with Gasteiger partial charge in [0.05, 0.1) is 11.4 Å². The highest BCUT2D eigenvalue weighted by Crippen LogP contribution is 2.54. The average molecular weight is 800 g/mol. The molecule has 3 aromatic heterocycles. The monoisotopic (exact) mass is 799 g/mol. The Hall–Kier alpha value is -7.40. The van der Waals surface area contributed by atoms with Gasteiger partial charge in [0.15, 0.2) is 5.58 Å². The van der Waals surface area contributed by atoms with Gasteiger partial charge in [-0.2, -0.15) is 0 Å². The largest absolute Gasteiger partial charge is 0.456 e. The van der Waals surface area contributed by atoms with Gasteiger partial charge >= 0.3 is 0 Å². The maximum Gasteiger partial charge on any atom is 0.160 e. The molecule has 0 radical (unpaired) electrons. The molecule has 3 heterocycles. The molecule has 1 aliphatic rings. The van der Waals surface area contributed by atoms with Crippen molar-refractivity contribution >= 4 is 92.4 Å². The van der Waals surface area contributed by atoms with E-state index in [1.165, 1.54) is 48.0 Å². The first-order valence-corrected chi connectivity index (χ1v) is 21.7. The number of furan rings is 2. The number of para-hydroxylation sites is 2. The van der Waals surface area contributed by atoms with Gasteiger partial charge in [-0.05, 0) is 81.9 Å². The molecule has 0 atom stereocenters. The van der Waals surface area contributed by atoms with E-state index in [1.54, 1.807) is 0 Å². The van der Waals surface area contributed by atoms with Gasteiger partial charge in [-0.1, -0.05) is 153 Å². The molecule has 0 amide bonds. The van der Waals surface area contributed by atoms with Crippen molar-refractivity contribution in [1.82, 2.24) is 0 Å². The number of hydrogen-bond donors (Lipinski definition) is 0. The molecule has 288 valence electrons. The Morgan fingerprint density at radius 3 is 1.98 bits per heavy atom. The van der Waals surface area contributed by atoms with Gasteiger partial charge in [0.1, 0.15) is 16.7 Å². The minimum Gasteiger partial charge on any atom is -0.456 e. The van der Waals surface area contributed by atoms with Crippen molar-refractivity contribution in [2.75, 3.05) is 4.90 Å². The first kappa shape index (κ1) is 34.5. The standard InChI is InChI=1S/C57H37NO2S/c1-57(2)44-23-10-6-18-37(44)38-28-27-35(33-45(38)57)58(46-24-11-7-17-36(46)34-15-4-3-5-16-34)47-30-29-40(42-22-14-21-41-39-19-9-13-26-51(39)61-56(41)42)53-54-50(60-55(47)53)32-31-49-52(54)43-20-8-12-25-48(43)59-49/h3-33H,1-2H3. The summed E-state index contributed by atoms with van der Waals surface area (Å²) in [6.45, 7) is 4.70. The lowest BCUT2D eigenvalue weighted by Gasteiger charge is -2.30. The van der Waals surface area contributed by atoms with Crippen molar-refractivity contribution in [2.24, 2.45) is 0 Å². The Labute approximate surface area is 356 Å². The smallest absolute Gasteiger partial charge is 0.160 e. The molecule has 4 heteroatoms. The second kappa shape index (κ2) is 12.8. The van der Waals surface area contributed by atoms with Crippen LogP contribution >= 0.6 is 11.3 Å². The summed E-state index contributed by atoms with van der Waals surface area (Å²) in [5, 5.41) is 6.83. The van der Waals surface area contributed by atoms with Gasteiger partial charge in [0.2, 0.25) is 0 Å². The molecule has 13 rings (SSSR count). The van der Waals surface area contributed by atoms with E-state index in [0.717, 1.165) is 77.6 Å². The Morgan fingerprint density at radius 1 is 0.426 bits per heavy atom. The fourth-order valence-corrected chi connectivity index (χ4v) is 11.5. The summed E-state index contributed by atoms with van der Waals surface area (Å²) in [5.74, 6) is 0. The molecule has 0 N–H and O–H groups in total. The highest BCUT2D eigenvalue weighted by molar-refractivity contribution is 7.26. The van der Waals surface area contributed by atoms with Gasteiger partial charge in [-0.15, -0.1) is 11.3 Å². The van der Waals surface area contributed by atoms with Crippen LogP contribution in [0.15, 0.2) is 197 Å². The third-order valence-corrected chi connectivity index (χ3v) is 14.3. The zero-order valence-electron chi connectivity index (χ0n) is 33.6. The number of anilines is 3. The molecule has 12 aromatic rings. The van der Waals surface area contributed by atoms with Gasteiger partial charge < -0.3 is 13.7 Å². The molecular formula is C57H37NO2S. The van der Waals surface area contributed by atoms with Crippen LogP contribution < -0.4 is 4.90 Å². The van der Waals surface area contributed by atoms with Crippen LogP contribution in [0.2, 0.25) is 0 Å². The third kappa shape index (κ3) is 4.91. The third-order valence-electron chi connectivity index (χ3n) is 13.1. The van der Waals surface area contributed by atoms with Crippen LogP contribution in [-0.2, 0) is 5.41 Å². The fraction of sp³-hybridized carbons (Fsp3) is 0.0526. The molecule has 3 nitrogen and oxygen atoms in total. The van der Waals surface area contributed by atoms with Crippen LogP contribution in [0.1, 0.15) is 25.0 Å². The number of hydrogen-bond acceptors (Lipinski definition) is 4.